The molecular formula is C18H27N3O5S. The first-order valence-corrected chi connectivity index (χ1v) is 11.0. The van der Waals surface area contributed by atoms with Crippen molar-refractivity contribution in [3.05, 3.63) is 35.9 Å². The van der Waals surface area contributed by atoms with Crippen LogP contribution in [0.3, 0.4) is 0 Å². The number of rotatable bonds is 4. The third-order valence-electron chi connectivity index (χ3n) is 5.24. The molecule has 1 aromatic carbocycles. The van der Waals surface area contributed by atoms with Crippen LogP contribution >= 0.6 is 0 Å². The van der Waals surface area contributed by atoms with Crippen LogP contribution in [0, 0.1) is 0 Å². The van der Waals surface area contributed by atoms with Crippen LogP contribution in [0.2, 0.25) is 0 Å². The van der Waals surface area contributed by atoms with Crippen LogP contribution in [0.4, 0.5) is 4.79 Å². The van der Waals surface area contributed by atoms with Crippen LogP contribution in [0.15, 0.2) is 30.3 Å². The number of aliphatic hydroxyl groups is 1. The van der Waals surface area contributed by atoms with Crippen molar-refractivity contribution < 1.29 is 23.1 Å². The number of urea groups is 1. The number of hydrogen-bond acceptors (Lipinski definition) is 5. The zero-order chi connectivity index (χ0) is 19.5. The summed E-state index contributed by atoms with van der Waals surface area (Å²) in [5, 5.41) is 13.7. The summed E-state index contributed by atoms with van der Waals surface area (Å²) in [5.74, 6) is 0. The van der Waals surface area contributed by atoms with E-state index in [2.05, 4.69) is 5.32 Å². The molecule has 2 aliphatic heterocycles. The quantitative estimate of drug-likeness (QED) is 0.763. The molecular weight excluding hydrogens is 370 g/mol. The third kappa shape index (κ3) is 4.98. The molecule has 2 fully saturated rings. The smallest absolute Gasteiger partial charge is 0.317 e. The van der Waals surface area contributed by atoms with Crippen LogP contribution in [0.25, 0.3) is 0 Å². The Bertz CT molecular complexity index is 748. The molecule has 1 aromatic rings. The van der Waals surface area contributed by atoms with Crippen LogP contribution in [-0.2, 0) is 20.4 Å². The van der Waals surface area contributed by atoms with E-state index < -0.39 is 15.6 Å². The van der Waals surface area contributed by atoms with E-state index in [0.29, 0.717) is 39.1 Å². The van der Waals surface area contributed by atoms with E-state index in [0.717, 1.165) is 5.56 Å². The molecule has 2 N–H and O–H groups in total. The van der Waals surface area contributed by atoms with Gasteiger partial charge in [0.05, 0.1) is 24.6 Å². The maximum atomic E-state index is 12.4. The van der Waals surface area contributed by atoms with Crippen molar-refractivity contribution in [2.45, 2.75) is 24.5 Å². The largest absolute Gasteiger partial charge is 0.385 e. The number of hydrogen-bond donors (Lipinski definition) is 2. The fourth-order valence-electron chi connectivity index (χ4n) is 3.55. The van der Waals surface area contributed by atoms with Gasteiger partial charge in [0, 0.05) is 32.7 Å². The molecule has 0 spiro atoms. The molecule has 2 aliphatic rings. The fraction of sp³-hybridized carbons (Fsp3) is 0.611. The Balaban J connectivity index is 1.47. The second kappa shape index (κ2) is 8.14. The number of piperidine rings is 1. The lowest BCUT2D eigenvalue weighted by Gasteiger charge is -2.39. The molecule has 0 radical (unpaired) electrons. The van der Waals surface area contributed by atoms with Gasteiger partial charge in [-0.3, -0.25) is 0 Å². The Kier molecular flexibility index (Phi) is 6.05. The topological polar surface area (TPSA) is 99.2 Å². The molecule has 8 nitrogen and oxygen atoms in total. The summed E-state index contributed by atoms with van der Waals surface area (Å²) in [5.41, 5.74) is -0.0259. The number of amides is 2. The minimum Gasteiger partial charge on any atom is -0.385 e. The van der Waals surface area contributed by atoms with E-state index in [1.165, 1.54) is 10.6 Å². The van der Waals surface area contributed by atoms with Gasteiger partial charge in [0.15, 0.2) is 0 Å². The Morgan fingerprint density at radius 2 is 1.93 bits per heavy atom. The SMILES string of the molecule is CS(=O)(=O)N1CCO[C@@H](CNC(=O)N2CCC(O)(c3ccccc3)CC2)C1. The van der Waals surface area contributed by atoms with Gasteiger partial charge in [0.2, 0.25) is 10.0 Å². The molecule has 27 heavy (non-hydrogen) atoms. The van der Waals surface area contributed by atoms with Crippen LogP contribution in [0.1, 0.15) is 18.4 Å². The number of morpholine rings is 1. The van der Waals surface area contributed by atoms with Gasteiger partial charge in [-0.2, -0.15) is 4.31 Å². The Labute approximate surface area is 160 Å². The van der Waals surface area contributed by atoms with Crippen molar-refractivity contribution in [2.75, 3.05) is 45.6 Å². The molecule has 9 heteroatoms. The van der Waals surface area contributed by atoms with Gasteiger partial charge in [0.25, 0.3) is 0 Å². The number of carbonyl (C=O) groups excluding carboxylic acids is 1. The van der Waals surface area contributed by atoms with E-state index in [-0.39, 0.29) is 25.2 Å². The van der Waals surface area contributed by atoms with E-state index >= 15 is 0 Å². The number of benzene rings is 1. The molecule has 1 atom stereocenters. The number of ether oxygens (including phenoxy) is 1. The number of nitrogens with zero attached hydrogens (tertiary/aromatic N) is 2. The number of sulfonamides is 1. The molecule has 150 valence electrons. The van der Waals surface area contributed by atoms with Gasteiger partial charge in [-0.1, -0.05) is 30.3 Å². The Hall–Kier alpha value is -1.68. The molecule has 0 saturated carbocycles. The van der Waals surface area contributed by atoms with Crippen molar-refractivity contribution in [1.82, 2.24) is 14.5 Å². The lowest BCUT2D eigenvalue weighted by Crippen LogP contribution is -2.53. The molecule has 0 aromatic heterocycles. The average Bonchev–Trinajstić information content (AvgIpc) is 2.67. The fourth-order valence-corrected chi connectivity index (χ4v) is 4.39. The van der Waals surface area contributed by atoms with Crippen LogP contribution in [0.5, 0.6) is 0 Å². The van der Waals surface area contributed by atoms with E-state index in [4.69, 9.17) is 4.74 Å². The van der Waals surface area contributed by atoms with Crippen molar-refractivity contribution in [2.24, 2.45) is 0 Å². The highest BCUT2D eigenvalue weighted by Gasteiger charge is 2.35. The standard InChI is InChI=1S/C18H27N3O5S/c1-27(24,25)21-11-12-26-16(14-21)13-19-17(22)20-9-7-18(23,8-10-20)15-5-3-2-4-6-15/h2-6,16,23H,7-14H2,1H3,(H,19,22)/t16-/m0/s1. The summed E-state index contributed by atoms with van der Waals surface area (Å²) in [6, 6.07) is 9.30. The second-order valence-corrected chi connectivity index (χ2v) is 9.17. The predicted octanol–water partition coefficient (Wildman–Crippen LogP) is 0.340. The maximum Gasteiger partial charge on any atom is 0.317 e. The summed E-state index contributed by atoms with van der Waals surface area (Å²) < 4.78 is 30.2. The lowest BCUT2D eigenvalue weighted by molar-refractivity contribution is -0.0186. The van der Waals surface area contributed by atoms with Gasteiger partial charge >= 0.3 is 6.03 Å². The van der Waals surface area contributed by atoms with Crippen LogP contribution < -0.4 is 5.32 Å². The highest BCUT2D eigenvalue weighted by atomic mass is 32.2. The number of nitrogens with one attached hydrogen (secondary N) is 1. The van der Waals surface area contributed by atoms with Crippen molar-refractivity contribution in [1.29, 1.82) is 0 Å². The van der Waals surface area contributed by atoms with Crippen LogP contribution in [-0.4, -0.2) is 80.5 Å². The van der Waals surface area contributed by atoms with Gasteiger partial charge in [-0.15, -0.1) is 0 Å². The normalized spacial score (nSPS) is 23.8. The van der Waals surface area contributed by atoms with E-state index in [9.17, 15) is 18.3 Å². The maximum absolute atomic E-state index is 12.4. The Morgan fingerprint density at radius 1 is 1.26 bits per heavy atom. The molecule has 3 rings (SSSR count). The highest BCUT2D eigenvalue weighted by Crippen LogP contribution is 2.32. The summed E-state index contributed by atoms with van der Waals surface area (Å²) in [6.45, 7) is 2.07. The monoisotopic (exact) mass is 397 g/mol. The minimum atomic E-state index is -3.25. The second-order valence-electron chi connectivity index (χ2n) is 7.18. The molecule has 2 heterocycles. The van der Waals surface area contributed by atoms with Gasteiger partial charge in [-0.05, 0) is 18.4 Å². The molecule has 0 unspecified atom stereocenters. The molecule has 2 saturated heterocycles. The number of carbonyl (C=O) groups is 1. The first-order valence-electron chi connectivity index (χ1n) is 9.15. The average molecular weight is 397 g/mol. The highest BCUT2D eigenvalue weighted by molar-refractivity contribution is 7.88. The lowest BCUT2D eigenvalue weighted by atomic mass is 9.84. The summed E-state index contributed by atoms with van der Waals surface area (Å²) in [6.07, 6.45) is 1.78. The summed E-state index contributed by atoms with van der Waals surface area (Å²) in [4.78, 5) is 14.1. The molecule has 2 amide bonds. The first-order chi connectivity index (χ1) is 12.8. The number of likely N-dealkylation sites (tertiary alicyclic amines) is 1. The molecule has 0 aliphatic carbocycles. The summed E-state index contributed by atoms with van der Waals surface area (Å²) in [7, 11) is -3.25. The van der Waals surface area contributed by atoms with Crippen molar-refractivity contribution in [3.8, 4) is 0 Å². The third-order valence-corrected chi connectivity index (χ3v) is 6.51. The van der Waals surface area contributed by atoms with E-state index in [1.807, 2.05) is 30.3 Å². The van der Waals surface area contributed by atoms with Crippen molar-refractivity contribution >= 4 is 16.1 Å². The van der Waals surface area contributed by atoms with Crippen molar-refractivity contribution in [3.63, 3.8) is 0 Å². The van der Waals surface area contributed by atoms with Gasteiger partial charge < -0.3 is 20.1 Å². The van der Waals surface area contributed by atoms with E-state index in [1.54, 1.807) is 4.90 Å². The Morgan fingerprint density at radius 3 is 2.56 bits per heavy atom. The predicted molar refractivity (Wildman–Crippen MR) is 101 cm³/mol. The summed E-state index contributed by atoms with van der Waals surface area (Å²) >= 11 is 0. The van der Waals surface area contributed by atoms with Gasteiger partial charge in [0.1, 0.15) is 0 Å². The molecule has 0 bridgehead atoms. The minimum absolute atomic E-state index is 0.217. The zero-order valence-electron chi connectivity index (χ0n) is 15.5. The van der Waals surface area contributed by atoms with Gasteiger partial charge in [-0.25, -0.2) is 13.2 Å². The zero-order valence-corrected chi connectivity index (χ0v) is 16.3. The first kappa shape index (κ1) is 20.1.